The first-order valence-corrected chi connectivity index (χ1v) is 6.90. The number of esters is 1. The highest BCUT2D eigenvalue weighted by Crippen LogP contribution is 2.52. The van der Waals surface area contributed by atoms with E-state index in [9.17, 15) is 9.59 Å². The lowest BCUT2D eigenvalue weighted by molar-refractivity contribution is -0.141. The Kier molecular flexibility index (Phi) is 4.14. The lowest BCUT2D eigenvalue weighted by Gasteiger charge is -2.13. The molecule has 1 N–H and O–H groups in total. The van der Waals surface area contributed by atoms with Crippen LogP contribution in [-0.4, -0.2) is 35.9 Å². The molecule has 1 fully saturated rings. The van der Waals surface area contributed by atoms with Gasteiger partial charge < -0.3 is 14.5 Å². The lowest BCUT2D eigenvalue weighted by Crippen LogP contribution is -2.14. The fourth-order valence-electron chi connectivity index (χ4n) is 1.80. The largest absolute Gasteiger partial charge is 0.489 e. The number of rotatable bonds is 6. The van der Waals surface area contributed by atoms with Crippen molar-refractivity contribution in [1.82, 2.24) is 9.97 Å². The summed E-state index contributed by atoms with van der Waals surface area (Å²) in [5, 5.41) is 0.558. The Morgan fingerprint density at radius 1 is 1.53 bits per heavy atom. The van der Waals surface area contributed by atoms with E-state index in [2.05, 4.69) is 9.97 Å². The third-order valence-electron chi connectivity index (χ3n) is 3.20. The molecular formula is C12H16N2O4S. The summed E-state index contributed by atoms with van der Waals surface area (Å²) in [7, 11) is 2.84. The molecule has 1 aromatic heterocycles. The van der Waals surface area contributed by atoms with Crippen molar-refractivity contribution < 1.29 is 14.3 Å². The highest BCUT2D eigenvalue weighted by molar-refractivity contribution is 7.99. The fraction of sp³-hybridized carbons (Fsp3) is 0.583. The first-order valence-electron chi connectivity index (χ1n) is 5.91. The number of nitrogens with one attached hydrogen (secondary N) is 1. The normalized spacial score (nSPS) is 15.9. The van der Waals surface area contributed by atoms with Crippen LogP contribution in [-0.2, 0) is 9.53 Å². The van der Waals surface area contributed by atoms with Crippen molar-refractivity contribution in [1.29, 1.82) is 0 Å². The first-order chi connectivity index (χ1) is 9.10. The molecule has 0 aromatic carbocycles. The number of methoxy groups -OCH3 is 2. The van der Waals surface area contributed by atoms with Gasteiger partial charge in [0.15, 0.2) is 0 Å². The molecule has 0 amide bonds. The van der Waals surface area contributed by atoms with Gasteiger partial charge in [-0.2, -0.15) is 0 Å². The molecule has 0 atom stereocenters. The predicted octanol–water partition coefficient (Wildman–Crippen LogP) is 1.21. The minimum Gasteiger partial charge on any atom is -0.489 e. The SMILES string of the molecule is COC(=O)CC1(CSc2nc[nH]c(=O)c2OC)CC1. The summed E-state index contributed by atoms with van der Waals surface area (Å²) < 4.78 is 9.74. The van der Waals surface area contributed by atoms with E-state index >= 15 is 0 Å². The number of carbonyl (C=O) groups excluding carboxylic acids is 1. The topological polar surface area (TPSA) is 81.3 Å². The van der Waals surface area contributed by atoms with Crippen LogP contribution < -0.4 is 10.3 Å². The molecule has 1 aliphatic rings. The molecule has 0 unspecified atom stereocenters. The monoisotopic (exact) mass is 284 g/mol. The van der Waals surface area contributed by atoms with Gasteiger partial charge in [0.2, 0.25) is 5.75 Å². The third-order valence-corrected chi connectivity index (χ3v) is 4.52. The molecule has 1 saturated carbocycles. The zero-order valence-electron chi connectivity index (χ0n) is 10.9. The molecule has 0 aliphatic heterocycles. The van der Waals surface area contributed by atoms with Crippen LogP contribution >= 0.6 is 11.8 Å². The van der Waals surface area contributed by atoms with Gasteiger partial charge >= 0.3 is 5.97 Å². The number of ether oxygens (including phenoxy) is 2. The van der Waals surface area contributed by atoms with Crippen LogP contribution in [0.3, 0.4) is 0 Å². The lowest BCUT2D eigenvalue weighted by atomic mass is 10.1. The Morgan fingerprint density at radius 2 is 2.26 bits per heavy atom. The fourth-order valence-corrected chi connectivity index (χ4v) is 3.07. The third kappa shape index (κ3) is 3.28. The van der Waals surface area contributed by atoms with Crippen molar-refractivity contribution in [3.8, 4) is 5.75 Å². The van der Waals surface area contributed by atoms with Crippen LogP contribution in [0.25, 0.3) is 0 Å². The maximum absolute atomic E-state index is 11.5. The molecule has 0 spiro atoms. The van der Waals surface area contributed by atoms with Gasteiger partial charge in [-0.05, 0) is 18.3 Å². The summed E-state index contributed by atoms with van der Waals surface area (Å²) in [4.78, 5) is 29.4. The molecule has 0 bridgehead atoms. The number of nitrogens with zero attached hydrogens (tertiary/aromatic N) is 1. The molecule has 6 nitrogen and oxygen atoms in total. The molecule has 0 saturated heterocycles. The highest BCUT2D eigenvalue weighted by Gasteiger charge is 2.44. The van der Waals surface area contributed by atoms with Crippen molar-refractivity contribution in [3.05, 3.63) is 16.7 Å². The van der Waals surface area contributed by atoms with Gasteiger partial charge in [0.1, 0.15) is 5.03 Å². The summed E-state index contributed by atoms with van der Waals surface area (Å²) in [6, 6.07) is 0. The molecule has 7 heteroatoms. The Hall–Kier alpha value is -1.50. The van der Waals surface area contributed by atoms with Crippen LogP contribution in [0, 0.1) is 5.41 Å². The van der Waals surface area contributed by atoms with Gasteiger partial charge in [0.05, 0.1) is 27.0 Å². The van der Waals surface area contributed by atoms with E-state index in [0.717, 1.165) is 18.6 Å². The van der Waals surface area contributed by atoms with E-state index in [1.165, 1.54) is 32.3 Å². The molecule has 1 aromatic rings. The zero-order valence-corrected chi connectivity index (χ0v) is 11.7. The second-order valence-corrected chi connectivity index (χ2v) is 5.58. The second-order valence-electron chi connectivity index (χ2n) is 4.61. The molecule has 19 heavy (non-hydrogen) atoms. The number of thioether (sulfide) groups is 1. The van der Waals surface area contributed by atoms with Gasteiger partial charge in [0, 0.05) is 5.75 Å². The van der Waals surface area contributed by atoms with Gasteiger partial charge in [-0.3, -0.25) is 9.59 Å². The van der Waals surface area contributed by atoms with Gasteiger partial charge in [0.25, 0.3) is 5.56 Å². The van der Waals surface area contributed by atoms with Crippen molar-refractivity contribution in [2.45, 2.75) is 24.3 Å². The molecule has 1 aliphatic carbocycles. The Balaban J connectivity index is 2.01. The summed E-state index contributed by atoms with van der Waals surface area (Å²) >= 11 is 1.44. The van der Waals surface area contributed by atoms with E-state index in [0.29, 0.717) is 11.4 Å². The summed E-state index contributed by atoms with van der Waals surface area (Å²) in [5.41, 5.74) is -0.301. The van der Waals surface area contributed by atoms with E-state index in [-0.39, 0.29) is 22.7 Å². The predicted molar refractivity (Wildman–Crippen MR) is 70.4 cm³/mol. The van der Waals surface area contributed by atoms with Crippen LogP contribution in [0.5, 0.6) is 5.75 Å². The average molecular weight is 284 g/mol. The van der Waals surface area contributed by atoms with Gasteiger partial charge in [-0.15, -0.1) is 11.8 Å². The molecule has 1 heterocycles. The smallest absolute Gasteiger partial charge is 0.306 e. The van der Waals surface area contributed by atoms with Crippen LogP contribution in [0.2, 0.25) is 0 Å². The van der Waals surface area contributed by atoms with Crippen LogP contribution in [0.15, 0.2) is 16.1 Å². The number of hydrogen-bond acceptors (Lipinski definition) is 6. The van der Waals surface area contributed by atoms with E-state index < -0.39 is 0 Å². The Morgan fingerprint density at radius 3 is 2.84 bits per heavy atom. The number of H-pyrrole nitrogens is 1. The second kappa shape index (κ2) is 5.64. The number of aromatic amines is 1. The number of hydrogen-bond donors (Lipinski definition) is 1. The average Bonchev–Trinajstić information content (AvgIpc) is 3.16. The number of aromatic nitrogens is 2. The van der Waals surface area contributed by atoms with E-state index in [1.807, 2.05) is 0 Å². The number of carbonyl (C=O) groups is 1. The Bertz CT molecular complexity index is 525. The zero-order chi connectivity index (χ0) is 13.9. The molecule has 2 rings (SSSR count). The summed E-state index contributed by atoms with van der Waals surface area (Å²) in [5.74, 6) is 0.764. The maximum Gasteiger partial charge on any atom is 0.306 e. The van der Waals surface area contributed by atoms with Crippen LogP contribution in [0.1, 0.15) is 19.3 Å². The van der Waals surface area contributed by atoms with E-state index in [4.69, 9.17) is 9.47 Å². The quantitative estimate of drug-likeness (QED) is 0.480. The standard InChI is InChI=1S/C12H16N2O4S/c1-17-8(15)5-12(3-4-12)6-19-11-9(18-2)10(16)13-7-14-11/h7H,3-6H2,1-2H3,(H,13,14,16). The molecule has 104 valence electrons. The van der Waals surface area contributed by atoms with Crippen molar-refractivity contribution in [3.63, 3.8) is 0 Å². The molecule has 0 radical (unpaired) electrons. The van der Waals surface area contributed by atoms with Gasteiger partial charge in [-0.1, -0.05) is 0 Å². The van der Waals surface area contributed by atoms with Crippen LogP contribution in [0.4, 0.5) is 0 Å². The minimum atomic E-state index is -0.294. The summed E-state index contributed by atoms with van der Waals surface area (Å²) in [6.45, 7) is 0. The minimum absolute atomic E-state index is 0.00689. The van der Waals surface area contributed by atoms with Gasteiger partial charge in [-0.25, -0.2) is 4.98 Å². The molecular weight excluding hydrogens is 268 g/mol. The van der Waals surface area contributed by atoms with Crippen molar-refractivity contribution in [2.75, 3.05) is 20.0 Å². The maximum atomic E-state index is 11.5. The first kappa shape index (κ1) is 13.9. The van der Waals surface area contributed by atoms with Crippen molar-refractivity contribution >= 4 is 17.7 Å². The van der Waals surface area contributed by atoms with E-state index in [1.54, 1.807) is 0 Å². The van der Waals surface area contributed by atoms with Crippen molar-refractivity contribution in [2.24, 2.45) is 5.41 Å². The summed E-state index contributed by atoms with van der Waals surface area (Å²) in [6.07, 6.45) is 3.77. The highest BCUT2D eigenvalue weighted by atomic mass is 32.2. The Labute approximate surface area is 114 Å².